The van der Waals surface area contributed by atoms with Crippen LogP contribution in [0.5, 0.6) is 0 Å². The van der Waals surface area contributed by atoms with Crippen LogP contribution < -0.4 is 0 Å². The van der Waals surface area contributed by atoms with Crippen molar-refractivity contribution in [3.63, 3.8) is 0 Å². The highest BCUT2D eigenvalue weighted by Gasteiger charge is 2.27. The summed E-state index contributed by atoms with van der Waals surface area (Å²) in [6.07, 6.45) is 1.44. The van der Waals surface area contributed by atoms with Gasteiger partial charge in [0.25, 0.3) is 0 Å². The third-order valence-electron chi connectivity index (χ3n) is 3.20. The molecule has 1 nitrogen and oxygen atoms in total. The van der Waals surface area contributed by atoms with Crippen LogP contribution in [0.4, 0.5) is 0 Å². The lowest BCUT2D eigenvalue weighted by Crippen LogP contribution is -2.20. The summed E-state index contributed by atoms with van der Waals surface area (Å²) in [5, 5.41) is -0.260. The predicted octanol–water partition coefficient (Wildman–Crippen LogP) is 4.53. The van der Waals surface area contributed by atoms with Gasteiger partial charge < -0.3 is 0 Å². The highest BCUT2D eigenvalue weighted by atomic mass is 35.5. The van der Waals surface area contributed by atoms with Crippen molar-refractivity contribution in [3.8, 4) is 0 Å². The molecule has 0 heterocycles. The maximum atomic E-state index is 11.2. The Morgan fingerprint density at radius 3 is 2.12 bits per heavy atom. The molecule has 94 valence electrons. The lowest BCUT2D eigenvalue weighted by atomic mass is 9.75. The van der Waals surface area contributed by atoms with Gasteiger partial charge in [-0.3, -0.25) is 4.79 Å². The first-order valence-corrected chi connectivity index (χ1v) is 6.49. The fourth-order valence-corrected chi connectivity index (χ4v) is 2.22. The van der Waals surface area contributed by atoms with E-state index < -0.39 is 0 Å². The van der Waals surface area contributed by atoms with E-state index in [1.54, 1.807) is 0 Å². The summed E-state index contributed by atoms with van der Waals surface area (Å²) in [5.74, 6) is 0.179. The largest absolute Gasteiger partial charge is 0.281 e. The normalized spacial score (nSPS) is 13.5. The van der Waals surface area contributed by atoms with Gasteiger partial charge in [-0.1, -0.05) is 52.0 Å². The van der Waals surface area contributed by atoms with Gasteiger partial charge in [0.15, 0.2) is 0 Å². The molecule has 0 N–H and O–H groups in total. The number of benzene rings is 1. The molecule has 1 rings (SSSR count). The summed E-state index contributed by atoms with van der Waals surface area (Å²) in [7, 11) is 0. The number of halogens is 1. The Balaban J connectivity index is 3.00. The number of carbonyl (C=O) groups excluding carboxylic acids is 1. The van der Waals surface area contributed by atoms with Gasteiger partial charge in [-0.15, -0.1) is 0 Å². The fourth-order valence-electron chi connectivity index (χ4n) is 2.07. The first-order valence-electron chi connectivity index (χ1n) is 6.11. The van der Waals surface area contributed by atoms with Crippen molar-refractivity contribution in [2.45, 2.75) is 46.5 Å². The van der Waals surface area contributed by atoms with Crippen molar-refractivity contribution in [2.75, 3.05) is 0 Å². The summed E-state index contributed by atoms with van der Waals surface area (Å²) < 4.78 is 0. The standard InChI is InChI=1S/C15H21ClO/c1-5-11-6-8-12(9-7-11)13(10-14(16)17)15(2,3)4/h6-9,13H,5,10H2,1-4H3. The Hall–Kier alpha value is -0.820. The molecule has 1 atom stereocenters. The van der Waals surface area contributed by atoms with Gasteiger partial charge in [0, 0.05) is 6.42 Å². The lowest BCUT2D eigenvalue weighted by Gasteiger charge is -2.30. The second-order valence-corrected chi connectivity index (χ2v) is 5.99. The monoisotopic (exact) mass is 252 g/mol. The molecular formula is C15H21ClO. The second kappa shape index (κ2) is 5.68. The zero-order valence-corrected chi connectivity index (χ0v) is 11.8. The molecule has 1 aromatic rings. The average molecular weight is 253 g/mol. The van der Waals surface area contributed by atoms with Crippen LogP contribution in [0.3, 0.4) is 0 Å². The van der Waals surface area contributed by atoms with E-state index in [0.29, 0.717) is 6.42 Å². The van der Waals surface area contributed by atoms with Crippen LogP contribution in [0.1, 0.15) is 51.2 Å². The van der Waals surface area contributed by atoms with Crippen molar-refractivity contribution in [1.82, 2.24) is 0 Å². The van der Waals surface area contributed by atoms with Gasteiger partial charge in [-0.05, 0) is 40.5 Å². The van der Waals surface area contributed by atoms with Crippen LogP contribution in [0.25, 0.3) is 0 Å². The third kappa shape index (κ3) is 4.16. The minimum Gasteiger partial charge on any atom is -0.281 e. The van der Waals surface area contributed by atoms with E-state index in [9.17, 15) is 4.79 Å². The topological polar surface area (TPSA) is 17.1 Å². The van der Waals surface area contributed by atoms with E-state index in [2.05, 4.69) is 52.0 Å². The Morgan fingerprint density at radius 1 is 1.24 bits per heavy atom. The Morgan fingerprint density at radius 2 is 1.76 bits per heavy atom. The number of aryl methyl sites for hydroxylation is 1. The molecule has 0 aliphatic rings. The molecule has 0 amide bonds. The number of hydrogen-bond donors (Lipinski definition) is 0. The van der Waals surface area contributed by atoms with Crippen LogP contribution in [-0.2, 0) is 11.2 Å². The molecule has 17 heavy (non-hydrogen) atoms. The third-order valence-corrected chi connectivity index (χ3v) is 3.35. The quantitative estimate of drug-likeness (QED) is 0.720. The Labute approximate surface area is 109 Å². The van der Waals surface area contributed by atoms with Gasteiger partial charge in [0.2, 0.25) is 5.24 Å². The zero-order valence-electron chi connectivity index (χ0n) is 11.1. The first kappa shape index (κ1) is 14.2. The minimum absolute atomic E-state index is 0.0400. The summed E-state index contributed by atoms with van der Waals surface area (Å²) in [5.41, 5.74) is 2.56. The van der Waals surface area contributed by atoms with Gasteiger partial charge in [0.05, 0.1) is 0 Å². The second-order valence-electron chi connectivity index (χ2n) is 5.57. The smallest absolute Gasteiger partial charge is 0.222 e. The van der Waals surface area contributed by atoms with E-state index in [4.69, 9.17) is 11.6 Å². The van der Waals surface area contributed by atoms with Crippen LogP contribution in [0, 0.1) is 5.41 Å². The summed E-state index contributed by atoms with van der Waals surface area (Å²) in [6.45, 7) is 8.57. The molecule has 1 aromatic carbocycles. The summed E-state index contributed by atoms with van der Waals surface area (Å²) in [4.78, 5) is 11.2. The minimum atomic E-state index is -0.260. The summed E-state index contributed by atoms with van der Waals surface area (Å²) >= 11 is 5.55. The molecule has 0 aliphatic heterocycles. The highest BCUT2D eigenvalue weighted by molar-refractivity contribution is 6.63. The van der Waals surface area contributed by atoms with Gasteiger partial charge in [-0.25, -0.2) is 0 Å². The molecule has 1 unspecified atom stereocenters. The molecule has 0 saturated heterocycles. The van der Waals surface area contributed by atoms with Crippen molar-refractivity contribution >= 4 is 16.8 Å². The van der Waals surface area contributed by atoms with Crippen molar-refractivity contribution in [1.29, 1.82) is 0 Å². The van der Waals surface area contributed by atoms with Crippen LogP contribution >= 0.6 is 11.6 Å². The maximum absolute atomic E-state index is 11.2. The molecule has 0 bridgehead atoms. The van der Waals surface area contributed by atoms with E-state index >= 15 is 0 Å². The van der Waals surface area contributed by atoms with Crippen LogP contribution in [0.2, 0.25) is 0 Å². The molecule has 0 spiro atoms. The van der Waals surface area contributed by atoms with Crippen molar-refractivity contribution in [2.24, 2.45) is 5.41 Å². The van der Waals surface area contributed by atoms with Gasteiger partial charge >= 0.3 is 0 Å². The van der Waals surface area contributed by atoms with E-state index in [-0.39, 0.29) is 16.6 Å². The van der Waals surface area contributed by atoms with Crippen molar-refractivity contribution < 1.29 is 4.79 Å². The number of carbonyl (C=O) groups is 1. The molecule has 0 saturated carbocycles. The van der Waals surface area contributed by atoms with Crippen LogP contribution in [-0.4, -0.2) is 5.24 Å². The lowest BCUT2D eigenvalue weighted by molar-refractivity contribution is -0.112. The molecule has 0 fully saturated rings. The first-order chi connectivity index (χ1) is 7.84. The Bertz CT molecular complexity index is 373. The molecule has 0 aromatic heterocycles. The molecular weight excluding hydrogens is 232 g/mol. The molecule has 0 radical (unpaired) electrons. The average Bonchev–Trinajstić information content (AvgIpc) is 2.24. The molecule has 0 aliphatic carbocycles. The van der Waals surface area contributed by atoms with E-state index in [0.717, 1.165) is 6.42 Å². The fraction of sp³-hybridized carbons (Fsp3) is 0.533. The predicted molar refractivity (Wildman–Crippen MR) is 73.5 cm³/mol. The maximum Gasteiger partial charge on any atom is 0.222 e. The van der Waals surface area contributed by atoms with Gasteiger partial charge in [0.1, 0.15) is 0 Å². The SMILES string of the molecule is CCc1ccc(C(CC(=O)Cl)C(C)(C)C)cc1. The van der Waals surface area contributed by atoms with E-state index in [1.165, 1.54) is 11.1 Å². The number of hydrogen-bond acceptors (Lipinski definition) is 1. The van der Waals surface area contributed by atoms with Crippen molar-refractivity contribution in [3.05, 3.63) is 35.4 Å². The van der Waals surface area contributed by atoms with Crippen LogP contribution in [0.15, 0.2) is 24.3 Å². The molecule has 2 heteroatoms. The zero-order chi connectivity index (χ0) is 13.1. The van der Waals surface area contributed by atoms with E-state index in [1.807, 2.05) is 0 Å². The van der Waals surface area contributed by atoms with Gasteiger partial charge in [-0.2, -0.15) is 0 Å². The number of rotatable bonds is 4. The highest BCUT2D eigenvalue weighted by Crippen LogP contribution is 2.38. The summed E-state index contributed by atoms with van der Waals surface area (Å²) in [6, 6.07) is 8.50. The Kier molecular flexibility index (Phi) is 4.76.